The maximum Gasteiger partial charge on any atom is 0.325 e. The Bertz CT molecular complexity index is 816. The summed E-state index contributed by atoms with van der Waals surface area (Å²) in [7, 11) is -1.83. The standard InChI is InChI=1S/C26H42N2O3Si/c1-20-14-15-22(18-20)30-25(29)24-13-9-17-28(27-24)16-8-11-21-10-7-12-23(19-21)31-32(5,6)26(2,3)4/h7,10,12,18-19,22,24,27H,8-9,11,13-17H2,1-6H3. The molecule has 2 aliphatic rings. The van der Waals surface area contributed by atoms with Gasteiger partial charge in [-0.1, -0.05) is 38.5 Å². The minimum Gasteiger partial charge on any atom is -0.543 e. The summed E-state index contributed by atoms with van der Waals surface area (Å²) in [5, 5.41) is 2.38. The van der Waals surface area contributed by atoms with Gasteiger partial charge in [-0.3, -0.25) is 4.79 Å². The topological polar surface area (TPSA) is 50.8 Å². The Kier molecular flexibility index (Phi) is 8.23. The van der Waals surface area contributed by atoms with Crippen LogP contribution in [0.25, 0.3) is 0 Å². The molecule has 1 saturated heterocycles. The summed E-state index contributed by atoms with van der Waals surface area (Å²) in [4.78, 5) is 12.6. The minimum absolute atomic E-state index is 0.0412. The first kappa shape index (κ1) is 25.0. The van der Waals surface area contributed by atoms with Crippen molar-refractivity contribution in [3.63, 3.8) is 0 Å². The molecule has 0 spiro atoms. The number of nitrogens with one attached hydrogen (secondary N) is 1. The Morgan fingerprint density at radius 3 is 2.72 bits per heavy atom. The molecule has 0 amide bonds. The highest BCUT2D eigenvalue weighted by molar-refractivity contribution is 6.74. The van der Waals surface area contributed by atoms with Crippen LogP contribution in [0.5, 0.6) is 5.75 Å². The van der Waals surface area contributed by atoms with E-state index in [1.807, 2.05) is 0 Å². The van der Waals surface area contributed by atoms with Crippen LogP contribution in [0.3, 0.4) is 0 Å². The molecule has 2 atom stereocenters. The van der Waals surface area contributed by atoms with Crippen molar-refractivity contribution in [1.82, 2.24) is 10.4 Å². The second-order valence-electron chi connectivity index (χ2n) is 11.0. The normalized spacial score (nSPS) is 22.5. The molecular weight excluding hydrogens is 416 g/mol. The average molecular weight is 459 g/mol. The molecule has 1 heterocycles. The van der Waals surface area contributed by atoms with E-state index in [1.54, 1.807) is 0 Å². The average Bonchev–Trinajstić information content (AvgIpc) is 3.12. The predicted molar refractivity (Wildman–Crippen MR) is 133 cm³/mol. The van der Waals surface area contributed by atoms with Crippen LogP contribution in [0.2, 0.25) is 18.1 Å². The molecule has 0 bridgehead atoms. The van der Waals surface area contributed by atoms with Gasteiger partial charge in [0.2, 0.25) is 8.32 Å². The molecule has 3 rings (SSSR count). The summed E-state index contributed by atoms with van der Waals surface area (Å²) in [6.45, 7) is 15.4. The van der Waals surface area contributed by atoms with Crippen LogP contribution in [-0.4, -0.2) is 44.5 Å². The van der Waals surface area contributed by atoms with Crippen LogP contribution in [0.1, 0.15) is 65.4 Å². The molecule has 1 N–H and O–H groups in total. The molecular formula is C26H42N2O3Si. The van der Waals surface area contributed by atoms with Gasteiger partial charge >= 0.3 is 5.97 Å². The molecule has 6 heteroatoms. The van der Waals surface area contributed by atoms with Crippen LogP contribution < -0.4 is 9.85 Å². The zero-order valence-corrected chi connectivity index (χ0v) is 21.9. The van der Waals surface area contributed by atoms with Crippen molar-refractivity contribution in [2.24, 2.45) is 0 Å². The Morgan fingerprint density at radius 2 is 2.03 bits per heavy atom. The largest absolute Gasteiger partial charge is 0.543 e. The van der Waals surface area contributed by atoms with Gasteiger partial charge in [0.15, 0.2) is 0 Å². The second-order valence-corrected chi connectivity index (χ2v) is 15.7. The zero-order valence-electron chi connectivity index (χ0n) is 20.9. The third-order valence-electron chi connectivity index (χ3n) is 7.08. The molecule has 178 valence electrons. The van der Waals surface area contributed by atoms with E-state index < -0.39 is 8.32 Å². The highest BCUT2D eigenvalue weighted by atomic mass is 28.4. The summed E-state index contributed by atoms with van der Waals surface area (Å²) in [6.07, 6.45) is 7.88. The quantitative estimate of drug-likeness (QED) is 0.311. The van der Waals surface area contributed by atoms with Gasteiger partial charge in [0.1, 0.15) is 17.9 Å². The molecule has 1 aliphatic heterocycles. The summed E-state index contributed by atoms with van der Waals surface area (Å²) in [5.74, 6) is 0.880. The van der Waals surface area contributed by atoms with E-state index in [2.05, 4.69) is 81.6 Å². The zero-order chi connectivity index (χ0) is 23.4. The number of benzene rings is 1. The SMILES string of the molecule is CC1=CC(OC(=O)C2CCCN(CCCc3cccc(O[Si](C)(C)C(C)(C)C)c3)N2)CC1. The first-order chi connectivity index (χ1) is 15.0. The number of rotatable bonds is 8. The summed E-state index contributed by atoms with van der Waals surface area (Å²) < 4.78 is 12.2. The second kappa shape index (κ2) is 10.5. The molecule has 0 saturated carbocycles. The first-order valence-corrected chi connectivity index (χ1v) is 15.1. The van der Waals surface area contributed by atoms with E-state index >= 15 is 0 Å². The van der Waals surface area contributed by atoms with Gasteiger partial charge in [-0.05, 0) is 87.4 Å². The van der Waals surface area contributed by atoms with Crippen LogP contribution >= 0.6 is 0 Å². The number of aryl methyl sites for hydroxylation is 1. The van der Waals surface area contributed by atoms with Gasteiger partial charge < -0.3 is 9.16 Å². The van der Waals surface area contributed by atoms with Crippen molar-refractivity contribution in [3.05, 3.63) is 41.5 Å². The van der Waals surface area contributed by atoms with Crippen molar-refractivity contribution in [2.75, 3.05) is 13.1 Å². The molecule has 2 unspecified atom stereocenters. The lowest BCUT2D eigenvalue weighted by atomic mass is 10.1. The fourth-order valence-electron chi connectivity index (χ4n) is 4.05. The Balaban J connectivity index is 1.45. The highest BCUT2D eigenvalue weighted by Gasteiger charge is 2.39. The number of nitrogens with zero attached hydrogens (tertiary/aromatic N) is 1. The van der Waals surface area contributed by atoms with Gasteiger partial charge in [-0.15, -0.1) is 0 Å². The number of hydrogen-bond donors (Lipinski definition) is 1. The van der Waals surface area contributed by atoms with Gasteiger partial charge in [0.25, 0.3) is 0 Å². The lowest BCUT2D eigenvalue weighted by molar-refractivity contribution is -0.152. The van der Waals surface area contributed by atoms with E-state index in [4.69, 9.17) is 9.16 Å². The van der Waals surface area contributed by atoms with Crippen LogP contribution in [-0.2, 0) is 16.0 Å². The molecule has 5 nitrogen and oxygen atoms in total. The van der Waals surface area contributed by atoms with Gasteiger partial charge in [-0.25, -0.2) is 10.4 Å². The van der Waals surface area contributed by atoms with Crippen molar-refractivity contribution in [1.29, 1.82) is 0 Å². The number of hydrogen-bond acceptors (Lipinski definition) is 5. The van der Waals surface area contributed by atoms with Gasteiger partial charge in [-0.2, -0.15) is 0 Å². The molecule has 0 aromatic heterocycles. The summed E-state index contributed by atoms with van der Waals surface area (Å²) in [5.41, 5.74) is 6.03. The number of carbonyl (C=O) groups is 1. The summed E-state index contributed by atoms with van der Waals surface area (Å²) in [6, 6.07) is 8.33. The van der Waals surface area contributed by atoms with Crippen molar-refractivity contribution < 1.29 is 14.0 Å². The molecule has 1 fully saturated rings. The van der Waals surface area contributed by atoms with E-state index in [0.717, 1.165) is 57.4 Å². The van der Waals surface area contributed by atoms with Crippen molar-refractivity contribution >= 4 is 14.3 Å². The van der Waals surface area contributed by atoms with Crippen LogP contribution in [0.15, 0.2) is 35.9 Å². The lowest BCUT2D eigenvalue weighted by Crippen LogP contribution is -2.53. The molecule has 1 aromatic carbocycles. The molecule has 1 aromatic rings. The number of esters is 1. The first-order valence-electron chi connectivity index (χ1n) is 12.2. The van der Waals surface area contributed by atoms with E-state index in [0.29, 0.717) is 0 Å². The number of hydrazine groups is 1. The fourth-order valence-corrected chi connectivity index (χ4v) is 5.07. The third-order valence-corrected chi connectivity index (χ3v) is 11.4. The monoisotopic (exact) mass is 458 g/mol. The Hall–Kier alpha value is -1.63. The van der Waals surface area contributed by atoms with E-state index in [1.165, 1.54) is 11.1 Å². The number of allylic oxidation sites excluding steroid dienone is 1. The highest BCUT2D eigenvalue weighted by Crippen LogP contribution is 2.37. The van der Waals surface area contributed by atoms with Crippen LogP contribution in [0.4, 0.5) is 0 Å². The fraction of sp³-hybridized carbons (Fsp3) is 0.654. The van der Waals surface area contributed by atoms with Crippen LogP contribution in [0, 0.1) is 0 Å². The Labute approximate surface area is 195 Å². The van der Waals surface area contributed by atoms with E-state index in [9.17, 15) is 4.79 Å². The molecule has 0 radical (unpaired) electrons. The molecule has 1 aliphatic carbocycles. The lowest BCUT2D eigenvalue weighted by Gasteiger charge is -2.36. The minimum atomic E-state index is -1.83. The van der Waals surface area contributed by atoms with E-state index in [-0.39, 0.29) is 23.2 Å². The van der Waals surface area contributed by atoms with Gasteiger partial charge in [0.05, 0.1) is 0 Å². The maximum atomic E-state index is 12.6. The van der Waals surface area contributed by atoms with Gasteiger partial charge in [0, 0.05) is 13.1 Å². The third kappa shape index (κ3) is 6.93. The maximum absolute atomic E-state index is 12.6. The Morgan fingerprint density at radius 1 is 1.25 bits per heavy atom. The number of ether oxygens (including phenoxy) is 1. The van der Waals surface area contributed by atoms with Crippen molar-refractivity contribution in [3.8, 4) is 5.75 Å². The predicted octanol–water partition coefficient (Wildman–Crippen LogP) is 5.62. The smallest absolute Gasteiger partial charge is 0.325 e. The number of carbonyl (C=O) groups excluding carboxylic acids is 1. The van der Waals surface area contributed by atoms with Crippen molar-refractivity contribution in [2.45, 2.75) is 96.5 Å². The summed E-state index contributed by atoms with van der Waals surface area (Å²) >= 11 is 0. The molecule has 32 heavy (non-hydrogen) atoms.